The zero-order valence-corrected chi connectivity index (χ0v) is 13.2. The Kier molecular flexibility index (Phi) is 5.36. The van der Waals surface area contributed by atoms with Gasteiger partial charge in [-0.05, 0) is 25.2 Å². The van der Waals surface area contributed by atoms with Crippen molar-refractivity contribution in [3.8, 4) is 0 Å². The normalized spacial score (nSPS) is 19.7. The summed E-state index contributed by atoms with van der Waals surface area (Å²) in [6, 6.07) is 0. The van der Waals surface area contributed by atoms with Crippen LogP contribution in [0.3, 0.4) is 0 Å². The van der Waals surface area contributed by atoms with Gasteiger partial charge >= 0.3 is 12.1 Å². The van der Waals surface area contributed by atoms with Gasteiger partial charge in [-0.3, -0.25) is 4.79 Å². The highest BCUT2D eigenvalue weighted by Gasteiger charge is 2.44. The Morgan fingerprint density at radius 2 is 1.86 bits per heavy atom. The second-order valence-corrected chi connectivity index (χ2v) is 6.83. The van der Waals surface area contributed by atoms with Crippen molar-refractivity contribution >= 4 is 18.3 Å². The Bertz CT molecular complexity index is 405. The molecule has 1 rings (SSSR count). The van der Waals surface area contributed by atoms with Crippen LogP contribution in [0.15, 0.2) is 0 Å². The molecule has 0 spiro atoms. The number of amides is 1. The lowest BCUT2D eigenvalue weighted by molar-refractivity contribution is -0.169. The Morgan fingerprint density at radius 1 is 1.33 bits per heavy atom. The molecule has 1 unspecified atom stereocenters. The predicted octanol–water partition coefficient (Wildman–Crippen LogP) is 2.31. The highest BCUT2D eigenvalue weighted by molar-refractivity contribution is 5.80. The molecular weight excluding hydrogens is 274 g/mol. The molecule has 1 atom stereocenters. The maximum atomic E-state index is 12.5. The first-order chi connectivity index (χ1) is 9.62. The predicted molar refractivity (Wildman–Crippen MR) is 77.0 cm³/mol. The third kappa shape index (κ3) is 4.19. The maximum Gasteiger partial charge on any atom is 0.407 e. The second-order valence-electron chi connectivity index (χ2n) is 6.83. The fourth-order valence-corrected chi connectivity index (χ4v) is 2.24. The van der Waals surface area contributed by atoms with E-state index in [1.807, 2.05) is 27.7 Å². The minimum Gasteiger partial charge on any atom is -0.465 e. The number of likely N-dealkylation sites (tertiary alicyclic amines) is 1. The molecule has 0 saturated carbocycles. The van der Waals surface area contributed by atoms with Gasteiger partial charge in [0.05, 0.1) is 5.41 Å². The largest absolute Gasteiger partial charge is 0.465 e. The van der Waals surface area contributed by atoms with Crippen LogP contribution >= 0.6 is 0 Å². The van der Waals surface area contributed by atoms with Gasteiger partial charge in [0.1, 0.15) is 12.4 Å². The molecule has 6 nitrogen and oxygen atoms in total. The zero-order valence-electron chi connectivity index (χ0n) is 13.2. The minimum atomic E-state index is -0.994. The summed E-state index contributed by atoms with van der Waals surface area (Å²) in [7, 11) is 0. The van der Waals surface area contributed by atoms with E-state index in [4.69, 9.17) is 9.84 Å². The average molecular weight is 299 g/mol. The van der Waals surface area contributed by atoms with Crippen LogP contribution in [-0.4, -0.2) is 47.5 Å². The molecular formula is C15H25NO5. The van der Waals surface area contributed by atoms with Crippen molar-refractivity contribution in [1.29, 1.82) is 0 Å². The Balaban J connectivity index is 2.80. The third-order valence-electron chi connectivity index (χ3n) is 4.40. The number of hydrogen-bond acceptors (Lipinski definition) is 4. The van der Waals surface area contributed by atoms with Crippen molar-refractivity contribution in [3.63, 3.8) is 0 Å². The standard InChI is InChI=1S/C15H25NO5/c1-11(14(2,3)4)21-12(18)15(7-10-17)5-8-16(9-6-15)13(19)20/h10-11H,5-9H2,1-4H3,(H,19,20). The van der Waals surface area contributed by atoms with Crippen LogP contribution in [0, 0.1) is 10.8 Å². The number of carboxylic acid groups (broad SMARTS) is 1. The summed E-state index contributed by atoms with van der Waals surface area (Å²) in [5.41, 5.74) is -1.06. The van der Waals surface area contributed by atoms with Crippen LogP contribution in [0.25, 0.3) is 0 Å². The molecule has 120 valence electrons. The van der Waals surface area contributed by atoms with Crippen molar-refractivity contribution in [2.45, 2.75) is 53.1 Å². The van der Waals surface area contributed by atoms with E-state index in [9.17, 15) is 14.4 Å². The first kappa shape index (κ1) is 17.5. The van der Waals surface area contributed by atoms with Gasteiger partial charge in [-0.15, -0.1) is 0 Å². The molecule has 1 saturated heterocycles. The summed E-state index contributed by atoms with van der Waals surface area (Å²) in [6.07, 6.45) is 0.189. The van der Waals surface area contributed by atoms with Gasteiger partial charge in [0.15, 0.2) is 0 Å². The molecule has 1 amide bonds. The summed E-state index contributed by atoms with van der Waals surface area (Å²) in [6.45, 7) is 8.27. The summed E-state index contributed by atoms with van der Waals surface area (Å²) in [4.78, 5) is 35.6. The van der Waals surface area contributed by atoms with Gasteiger partial charge in [0.25, 0.3) is 0 Å². The molecule has 1 heterocycles. The van der Waals surface area contributed by atoms with E-state index >= 15 is 0 Å². The summed E-state index contributed by atoms with van der Waals surface area (Å²) in [5, 5.41) is 8.97. The van der Waals surface area contributed by atoms with Gasteiger partial charge in [-0.1, -0.05) is 20.8 Å². The number of piperidine rings is 1. The van der Waals surface area contributed by atoms with Crippen molar-refractivity contribution < 1.29 is 24.2 Å². The van der Waals surface area contributed by atoms with Crippen LogP contribution < -0.4 is 0 Å². The topological polar surface area (TPSA) is 83.9 Å². The third-order valence-corrected chi connectivity index (χ3v) is 4.40. The van der Waals surface area contributed by atoms with E-state index in [0.29, 0.717) is 12.8 Å². The van der Waals surface area contributed by atoms with Crippen molar-refractivity contribution in [1.82, 2.24) is 4.90 Å². The molecule has 1 N–H and O–H groups in total. The van der Waals surface area contributed by atoms with E-state index in [0.717, 1.165) is 6.29 Å². The molecule has 0 aromatic carbocycles. The lowest BCUT2D eigenvalue weighted by Crippen LogP contribution is -2.48. The number of esters is 1. The average Bonchev–Trinajstić information content (AvgIpc) is 2.38. The first-order valence-corrected chi connectivity index (χ1v) is 7.25. The number of aldehydes is 1. The van der Waals surface area contributed by atoms with Gasteiger partial charge < -0.3 is 19.5 Å². The zero-order chi connectivity index (χ0) is 16.3. The number of rotatable bonds is 4. The van der Waals surface area contributed by atoms with Crippen LogP contribution in [0.4, 0.5) is 4.79 Å². The molecule has 0 aromatic rings. The van der Waals surface area contributed by atoms with Crippen LogP contribution in [0.1, 0.15) is 47.0 Å². The maximum absolute atomic E-state index is 12.5. The number of ether oxygens (including phenoxy) is 1. The molecule has 0 radical (unpaired) electrons. The van der Waals surface area contributed by atoms with Gasteiger partial charge in [0, 0.05) is 19.5 Å². The van der Waals surface area contributed by atoms with Gasteiger partial charge in [-0.2, -0.15) is 0 Å². The molecule has 0 aliphatic carbocycles. The monoisotopic (exact) mass is 299 g/mol. The summed E-state index contributed by atoms with van der Waals surface area (Å²) in [5.74, 6) is -0.387. The second kappa shape index (κ2) is 6.45. The molecule has 21 heavy (non-hydrogen) atoms. The molecule has 1 aliphatic rings. The van der Waals surface area contributed by atoms with Crippen molar-refractivity contribution in [2.24, 2.45) is 10.8 Å². The first-order valence-electron chi connectivity index (χ1n) is 7.25. The highest BCUT2D eigenvalue weighted by atomic mass is 16.5. The summed E-state index contributed by atoms with van der Waals surface area (Å²) < 4.78 is 5.54. The van der Waals surface area contributed by atoms with E-state index in [1.54, 1.807) is 0 Å². The van der Waals surface area contributed by atoms with Crippen LogP contribution in [-0.2, 0) is 14.3 Å². The molecule has 6 heteroatoms. The number of hydrogen-bond donors (Lipinski definition) is 1. The quantitative estimate of drug-likeness (QED) is 0.636. The number of carbonyl (C=O) groups is 3. The fraction of sp³-hybridized carbons (Fsp3) is 0.800. The molecule has 1 fully saturated rings. The summed E-state index contributed by atoms with van der Waals surface area (Å²) >= 11 is 0. The smallest absolute Gasteiger partial charge is 0.407 e. The molecule has 0 aromatic heterocycles. The Labute approximate surface area is 125 Å². The van der Waals surface area contributed by atoms with E-state index < -0.39 is 11.5 Å². The van der Waals surface area contributed by atoms with Crippen molar-refractivity contribution in [3.05, 3.63) is 0 Å². The van der Waals surface area contributed by atoms with E-state index in [1.165, 1.54) is 4.90 Å². The number of nitrogens with zero attached hydrogens (tertiary/aromatic N) is 1. The minimum absolute atomic E-state index is 0.0795. The lowest BCUT2D eigenvalue weighted by atomic mass is 9.76. The molecule has 0 bridgehead atoms. The Hall–Kier alpha value is -1.59. The highest BCUT2D eigenvalue weighted by Crippen LogP contribution is 2.37. The SMILES string of the molecule is CC(OC(=O)C1(CC=O)CCN(C(=O)O)CC1)C(C)(C)C. The van der Waals surface area contributed by atoms with Crippen LogP contribution in [0.2, 0.25) is 0 Å². The fourth-order valence-electron chi connectivity index (χ4n) is 2.24. The van der Waals surface area contributed by atoms with Gasteiger partial charge in [0.2, 0.25) is 0 Å². The van der Waals surface area contributed by atoms with Crippen molar-refractivity contribution in [2.75, 3.05) is 13.1 Å². The lowest BCUT2D eigenvalue weighted by Gasteiger charge is -2.39. The van der Waals surface area contributed by atoms with E-state index in [-0.39, 0.29) is 37.0 Å². The molecule has 1 aliphatic heterocycles. The van der Waals surface area contributed by atoms with Gasteiger partial charge in [-0.25, -0.2) is 4.79 Å². The van der Waals surface area contributed by atoms with Crippen LogP contribution in [0.5, 0.6) is 0 Å². The number of carbonyl (C=O) groups excluding carboxylic acids is 2. The Morgan fingerprint density at radius 3 is 2.24 bits per heavy atom. The van der Waals surface area contributed by atoms with E-state index in [2.05, 4.69) is 0 Å².